The summed E-state index contributed by atoms with van der Waals surface area (Å²) in [4.78, 5) is 14.7. The Balaban J connectivity index is 1.44. The largest absolute Gasteiger partial charge is 0.454 e. The molecule has 5 rings (SSSR count). The molecule has 2 aromatic heterocycles. The number of aromatic amines is 1. The minimum Gasteiger partial charge on any atom is -0.454 e. The Bertz CT molecular complexity index is 1170. The van der Waals surface area contributed by atoms with E-state index in [2.05, 4.69) is 23.2 Å². The maximum atomic E-state index is 12.9. The van der Waals surface area contributed by atoms with Crippen LogP contribution in [0.5, 0.6) is 0 Å². The summed E-state index contributed by atoms with van der Waals surface area (Å²) in [5, 5.41) is 8.14. The van der Waals surface area contributed by atoms with Crippen molar-refractivity contribution in [2.24, 2.45) is 0 Å². The van der Waals surface area contributed by atoms with Crippen molar-refractivity contribution in [3.63, 3.8) is 0 Å². The number of furan rings is 1. The molecule has 0 spiro atoms. The second-order valence-corrected chi connectivity index (χ2v) is 7.07. The molecule has 1 unspecified atom stereocenters. The first-order valence-corrected chi connectivity index (χ1v) is 9.32. The number of benzene rings is 2. The standard InChI is InChI=1S/C23H19N3O2/c1-15-12-16-6-2-4-8-19(16)26(15)22(27)11-10-18-14-24-25-23(18)21-13-17-7-3-5-9-20(17)28-21/h2-11,13-15H,12H2,1H3,(H,24,25)/b11-10+. The van der Waals surface area contributed by atoms with Gasteiger partial charge in [0.25, 0.3) is 5.91 Å². The number of nitrogens with one attached hydrogen (secondary N) is 1. The van der Waals surface area contributed by atoms with Gasteiger partial charge >= 0.3 is 0 Å². The average Bonchev–Trinajstić information content (AvgIpc) is 3.41. The second kappa shape index (κ2) is 6.53. The van der Waals surface area contributed by atoms with Crippen molar-refractivity contribution in [3.05, 3.63) is 78.0 Å². The summed E-state index contributed by atoms with van der Waals surface area (Å²) in [6, 6.07) is 18.0. The van der Waals surface area contributed by atoms with E-state index in [1.54, 1.807) is 18.3 Å². The lowest BCUT2D eigenvalue weighted by Crippen LogP contribution is -2.34. The minimum absolute atomic E-state index is 0.0331. The van der Waals surface area contributed by atoms with Gasteiger partial charge in [-0.15, -0.1) is 0 Å². The lowest BCUT2D eigenvalue weighted by atomic mass is 10.1. The first kappa shape index (κ1) is 16.6. The number of carbonyl (C=O) groups excluding carboxylic acids is 1. The van der Waals surface area contributed by atoms with E-state index in [-0.39, 0.29) is 11.9 Å². The van der Waals surface area contributed by atoms with Crippen molar-refractivity contribution in [2.75, 3.05) is 4.90 Å². The third-order valence-corrected chi connectivity index (χ3v) is 5.19. The van der Waals surface area contributed by atoms with Crippen LogP contribution in [-0.4, -0.2) is 22.1 Å². The van der Waals surface area contributed by atoms with Gasteiger partial charge < -0.3 is 9.32 Å². The highest BCUT2D eigenvalue weighted by Crippen LogP contribution is 2.32. The second-order valence-electron chi connectivity index (χ2n) is 7.07. The van der Waals surface area contributed by atoms with Gasteiger partial charge in [0.2, 0.25) is 0 Å². The molecule has 2 aromatic carbocycles. The van der Waals surface area contributed by atoms with Gasteiger partial charge in [-0.25, -0.2) is 0 Å². The van der Waals surface area contributed by atoms with Crippen LogP contribution in [0, 0.1) is 0 Å². The number of hydrogen-bond acceptors (Lipinski definition) is 3. The molecule has 0 radical (unpaired) electrons. The maximum Gasteiger partial charge on any atom is 0.251 e. The number of rotatable bonds is 3. The predicted molar refractivity (Wildman–Crippen MR) is 110 cm³/mol. The van der Waals surface area contributed by atoms with Crippen LogP contribution < -0.4 is 4.90 Å². The van der Waals surface area contributed by atoms with Crippen LogP contribution in [-0.2, 0) is 11.2 Å². The molecule has 0 saturated heterocycles. The van der Waals surface area contributed by atoms with Crippen molar-refractivity contribution in [1.29, 1.82) is 0 Å². The van der Waals surface area contributed by atoms with Crippen LogP contribution in [0.1, 0.15) is 18.1 Å². The highest BCUT2D eigenvalue weighted by Gasteiger charge is 2.29. The molecule has 5 nitrogen and oxygen atoms in total. The van der Waals surface area contributed by atoms with Gasteiger partial charge in [-0.1, -0.05) is 36.4 Å². The first-order valence-electron chi connectivity index (χ1n) is 9.32. The predicted octanol–water partition coefficient (Wildman–Crippen LogP) is 4.81. The van der Waals surface area contributed by atoms with Crippen LogP contribution in [0.3, 0.4) is 0 Å². The Hall–Kier alpha value is -3.60. The zero-order chi connectivity index (χ0) is 19.1. The van der Waals surface area contributed by atoms with Crippen LogP contribution >= 0.6 is 0 Å². The Morgan fingerprint density at radius 1 is 1.21 bits per heavy atom. The minimum atomic E-state index is -0.0331. The van der Waals surface area contributed by atoms with Crippen molar-refractivity contribution in [3.8, 4) is 11.5 Å². The van der Waals surface area contributed by atoms with Crippen molar-refractivity contribution in [1.82, 2.24) is 10.2 Å². The Morgan fingerprint density at radius 3 is 2.93 bits per heavy atom. The number of carbonyl (C=O) groups is 1. The number of anilines is 1. The zero-order valence-corrected chi connectivity index (χ0v) is 15.4. The lowest BCUT2D eigenvalue weighted by Gasteiger charge is -2.20. The fourth-order valence-electron chi connectivity index (χ4n) is 3.87. The number of amides is 1. The molecule has 1 amide bonds. The number of aromatic nitrogens is 2. The average molecular weight is 369 g/mol. The molecule has 1 aliphatic heterocycles. The zero-order valence-electron chi connectivity index (χ0n) is 15.4. The van der Waals surface area contributed by atoms with Crippen LogP contribution in [0.2, 0.25) is 0 Å². The van der Waals surface area contributed by atoms with E-state index in [9.17, 15) is 4.79 Å². The molecule has 28 heavy (non-hydrogen) atoms. The van der Waals surface area contributed by atoms with Crippen LogP contribution in [0.4, 0.5) is 5.69 Å². The molecule has 4 aromatic rings. The number of H-pyrrole nitrogens is 1. The van der Waals surface area contributed by atoms with Crippen molar-refractivity contribution in [2.45, 2.75) is 19.4 Å². The molecule has 1 aliphatic rings. The van der Waals surface area contributed by atoms with Crippen LogP contribution in [0.15, 0.2) is 71.3 Å². The van der Waals surface area contributed by atoms with Gasteiger partial charge in [-0.05, 0) is 43.2 Å². The summed E-state index contributed by atoms with van der Waals surface area (Å²) in [5.74, 6) is 0.667. The van der Waals surface area contributed by atoms with E-state index in [1.165, 1.54) is 5.56 Å². The molecule has 0 bridgehead atoms. The molecule has 1 N–H and O–H groups in total. The molecular formula is C23H19N3O2. The number of fused-ring (bicyclic) bond motifs is 2. The van der Waals surface area contributed by atoms with E-state index in [1.807, 2.05) is 53.4 Å². The smallest absolute Gasteiger partial charge is 0.251 e. The number of hydrogen-bond donors (Lipinski definition) is 1. The quantitative estimate of drug-likeness (QED) is 0.527. The summed E-state index contributed by atoms with van der Waals surface area (Å²) >= 11 is 0. The number of nitrogens with zero attached hydrogens (tertiary/aromatic N) is 2. The molecule has 5 heteroatoms. The summed E-state index contributed by atoms with van der Waals surface area (Å²) in [6.45, 7) is 2.07. The monoisotopic (exact) mass is 369 g/mol. The fraction of sp³-hybridized carbons (Fsp3) is 0.130. The summed E-state index contributed by atoms with van der Waals surface area (Å²) in [7, 11) is 0. The third-order valence-electron chi connectivity index (χ3n) is 5.19. The van der Waals surface area contributed by atoms with E-state index in [0.29, 0.717) is 5.76 Å². The molecule has 1 atom stereocenters. The van der Waals surface area contributed by atoms with E-state index in [0.717, 1.165) is 34.3 Å². The van der Waals surface area contributed by atoms with Gasteiger partial charge in [0, 0.05) is 28.8 Å². The molecular weight excluding hydrogens is 350 g/mol. The molecule has 3 heterocycles. The molecule has 0 saturated carbocycles. The maximum absolute atomic E-state index is 12.9. The Kier molecular flexibility index (Phi) is 3.86. The third kappa shape index (κ3) is 2.72. The van der Waals surface area contributed by atoms with E-state index >= 15 is 0 Å². The summed E-state index contributed by atoms with van der Waals surface area (Å²) < 4.78 is 5.92. The van der Waals surface area contributed by atoms with E-state index in [4.69, 9.17) is 4.42 Å². The van der Waals surface area contributed by atoms with Gasteiger partial charge in [0.15, 0.2) is 5.76 Å². The summed E-state index contributed by atoms with van der Waals surface area (Å²) in [5.41, 5.74) is 4.60. The molecule has 0 aliphatic carbocycles. The summed E-state index contributed by atoms with van der Waals surface area (Å²) in [6.07, 6.45) is 5.98. The molecule has 0 fully saturated rings. The van der Waals surface area contributed by atoms with Gasteiger partial charge in [0.05, 0.1) is 6.20 Å². The van der Waals surface area contributed by atoms with Gasteiger partial charge in [-0.3, -0.25) is 9.89 Å². The highest BCUT2D eigenvalue weighted by atomic mass is 16.3. The first-order chi connectivity index (χ1) is 13.7. The lowest BCUT2D eigenvalue weighted by molar-refractivity contribution is -0.114. The normalized spacial score (nSPS) is 16.2. The Morgan fingerprint density at radius 2 is 2.04 bits per heavy atom. The Labute approximate surface area is 162 Å². The van der Waals surface area contributed by atoms with Crippen molar-refractivity contribution < 1.29 is 9.21 Å². The van der Waals surface area contributed by atoms with Crippen LogP contribution in [0.25, 0.3) is 28.5 Å². The van der Waals surface area contributed by atoms with E-state index < -0.39 is 0 Å². The highest BCUT2D eigenvalue weighted by molar-refractivity contribution is 6.06. The topological polar surface area (TPSA) is 62.1 Å². The molecule has 138 valence electrons. The number of para-hydroxylation sites is 2. The van der Waals surface area contributed by atoms with Gasteiger partial charge in [-0.2, -0.15) is 5.10 Å². The van der Waals surface area contributed by atoms with Crippen molar-refractivity contribution >= 4 is 28.6 Å². The SMILES string of the molecule is CC1Cc2ccccc2N1C(=O)/C=C/c1cn[nH]c1-c1cc2ccccc2o1. The van der Waals surface area contributed by atoms with Gasteiger partial charge in [0.1, 0.15) is 11.3 Å². The fourth-order valence-corrected chi connectivity index (χ4v) is 3.87.